The number of piperidine rings is 1. The van der Waals surface area contributed by atoms with Crippen molar-refractivity contribution in [2.75, 3.05) is 31.1 Å². The summed E-state index contributed by atoms with van der Waals surface area (Å²) >= 11 is 0. The lowest BCUT2D eigenvalue weighted by Crippen LogP contribution is -2.57. The Morgan fingerprint density at radius 2 is 2.16 bits per heavy atom. The normalized spacial score (nSPS) is 20.2. The fourth-order valence-electron chi connectivity index (χ4n) is 5.16. The number of H-pyrrole nitrogens is 1. The molecule has 2 saturated heterocycles. The second-order valence-corrected chi connectivity index (χ2v) is 9.47. The molecule has 2 aromatic heterocycles. The van der Waals surface area contributed by atoms with Gasteiger partial charge in [-0.15, -0.1) is 0 Å². The largest absolute Gasteiger partial charge is 0.373 e. The average Bonchev–Trinajstić information content (AvgIpc) is 2.91. The molecule has 2 aliphatic heterocycles. The molecule has 2 aliphatic rings. The van der Waals surface area contributed by atoms with Crippen LogP contribution >= 0.6 is 0 Å². The molecule has 1 aromatic carbocycles. The zero-order valence-electron chi connectivity index (χ0n) is 20.9. The van der Waals surface area contributed by atoms with Crippen molar-refractivity contribution in [3.05, 3.63) is 88.5 Å². The average molecular weight is 516 g/mol. The number of benzene rings is 1. The van der Waals surface area contributed by atoms with E-state index < -0.39 is 11.7 Å². The first-order valence-electron chi connectivity index (χ1n) is 12.4. The van der Waals surface area contributed by atoms with Gasteiger partial charge in [0.1, 0.15) is 17.5 Å². The van der Waals surface area contributed by atoms with Crippen LogP contribution in [0.5, 0.6) is 0 Å². The summed E-state index contributed by atoms with van der Waals surface area (Å²) in [4.78, 5) is 22.5. The van der Waals surface area contributed by atoms with Gasteiger partial charge < -0.3 is 19.9 Å². The van der Waals surface area contributed by atoms with Crippen molar-refractivity contribution in [3.8, 4) is 17.2 Å². The van der Waals surface area contributed by atoms with Crippen LogP contribution in [0.2, 0.25) is 0 Å². The highest BCUT2D eigenvalue weighted by molar-refractivity contribution is 6.01. The fourth-order valence-corrected chi connectivity index (χ4v) is 5.16. The van der Waals surface area contributed by atoms with E-state index >= 15 is 0 Å². The third-order valence-electron chi connectivity index (χ3n) is 6.93. The number of fused-ring (bicyclic) bond motifs is 2. The van der Waals surface area contributed by atoms with E-state index in [-0.39, 0.29) is 23.1 Å². The standard InChI is InChI=1S/C29H27F2N5O2/c1-17(9-21(31)10-18(2)30)23-15-35-25-4-3-19(24-14-33-13-20(12-32)29(24)37)11-22(25)28(23)36-7-5-26-27(16-36)38-8-6-34-26/h3-4,9-11,13-15,26-27,34H,1,5-8,16H2,2H3,(H,33,37)/b18-10+,21-9+/t26?,27-/m1/s1. The molecule has 0 spiro atoms. The summed E-state index contributed by atoms with van der Waals surface area (Å²) in [5.74, 6) is -1.41. The zero-order chi connectivity index (χ0) is 26.8. The molecule has 0 aliphatic carbocycles. The number of rotatable bonds is 5. The Hall–Kier alpha value is -4.13. The van der Waals surface area contributed by atoms with Crippen LogP contribution in [0.15, 0.2) is 72.0 Å². The number of nitrogens with one attached hydrogen (secondary N) is 2. The molecular formula is C29H27F2N5O2. The molecule has 3 aromatic rings. The molecule has 2 fully saturated rings. The van der Waals surface area contributed by atoms with E-state index in [4.69, 9.17) is 4.74 Å². The van der Waals surface area contributed by atoms with E-state index in [9.17, 15) is 18.8 Å². The van der Waals surface area contributed by atoms with Crippen molar-refractivity contribution in [2.24, 2.45) is 0 Å². The first-order valence-corrected chi connectivity index (χ1v) is 12.4. The molecule has 0 bridgehead atoms. The van der Waals surface area contributed by atoms with Crippen LogP contribution in [0.25, 0.3) is 27.6 Å². The van der Waals surface area contributed by atoms with Crippen molar-refractivity contribution in [1.29, 1.82) is 5.26 Å². The number of halogens is 2. The predicted octanol–water partition coefficient (Wildman–Crippen LogP) is 4.77. The molecule has 0 amide bonds. The minimum Gasteiger partial charge on any atom is -0.373 e. The Balaban J connectivity index is 1.68. The van der Waals surface area contributed by atoms with Crippen molar-refractivity contribution in [3.63, 3.8) is 0 Å². The van der Waals surface area contributed by atoms with Crippen LogP contribution in [-0.4, -0.2) is 48.4 Å². The number of aromatic nitrogens is 2. The number of ether oxygens (including phenoxy) is 1. The number of hydrogen-bond acceptors (Lipinski definition) is 6. The van der Waals surface area contributed by atoms with E-state index in [0.717, 1.165) is 30.1 Å². The molecule has 5 rings (SSSR count). The maximum Gasteiger partial charge on any atom is 0.207 e. The number of allylic oxidation sites excluding steroid dienone is 5. The second kappa shape index (κ2) is 10.7. The molecule has 2 N–H and O–H groups in total. The van der Waals surface area contributed by atoms with Crippen molar-refractivity contribution in [2.45, 2.75) is 25.5 Å². The van der Waals surface area contributed by atoms with Gasteiger partial charge in [-0.1, -0.05) is 12.6 Å². The first kappa shape index (κ1) is 25.5. The van der Waals surface area contributed by atoms with Crippen molar-refractivity contribution >= 4 is 22.2 Å². The van der Waals surface area contributed by atoms with Crippen LogP contribution in [0, 0.1) is 11.3 Å². The summed E-state index contributed by atoms with van der Waals surface area (Å²) in [6.07, 6.45) is 7.40. The van der Waals surface area contributed by atoms with E-state index in [1.165, 1.54) is 19.2 Å². The van der Waals surface area contributed by atoms with Crippen LogP contribution < -0.4 is 15.6 Å². The monoisotopic (exact) mass is 515 g/mol. The molecule has 7 nitrogen and oxygen atoms in total. The van der Waals surface area contributed by atoms with Gasteiger partial charge in [0.25, 0.3) is 0 Å². The Morgan fingerprint density at radius 1 is 1.32 bits per heavy atom. The van der Waals surface area contributed by atoms with Gasteiger partial charge in [-0.25, -0.2) is 8.78 Å². The van der Waals surface area contributed by atoms with Gasteiger partial charge in [-0.05, 0) is 42.7 Å². The van der Waals surface area contributed by atoms with E-state index in [1.54, 1.807) is 18.5 Å². The minimum atomic E-state index is -0.756. The van der Waals surface area contributed by atoms with Gasteiger partial charge in [0, 0.05) is 66.9 Å². The number of morpholine rings is 1. The summed E-state index contributed by atoms with van der Waals surface area (Å²) in [7, 11) is 0. The minimum absolute atomic E-state index is 0.0175. The lowest BCUT2D eigenvalue weighted by molar-refractivity contribution is -0.00899. The zero-order valence-corrected chi connectivity index (χ0v) is 20.9. The number of hydrogen-bond donors (Lipinski definition) is 2. The molecular weight excluding hydrogens is 488 g/mol. The van der Waals surface area contributed by atoms with Crippen LogP contribution in [-0.2, 0) is 4.74 Å². The molecule has 0 radical (unpaired) electrons. The van der Waals surface area contributed by atoms with E-state index in [2.05, 4.69) is 26.8 Å². The Morgan fingerprint density at radius 3 is 2.95 bits per heavy atom. The van der Waals surface area contributed by atoms with Gasteiger partial charge in [0.05, 0.1) is 29.7 Å². The maximum absolute atomic E-state index is 14.5. The van der Waals surface area contributed by atoms with Gasteiger partial charge in [-0.2, -0.15) is 5.26 Å². The molecule has 194 valence electrons. The number of nitriles is 1. The van der Waals surface area contributed by atoms with Crippen LogP contribution in [0.1, 0.15) is 24.5 Å². The summed E-state index contributed by atoms with van der Waals surface area (Å²) in [5, 5.41) is 13.6. The quantitative estimate of drug-likeness (QED) is 0.476. The van der Waals surface area contributed by atoms with Gasteiger partial charge in [0.2, 0.25) is 5.43 Å². The van der Waals surface area contributed by atoms with Crippen LogP contribution in [0.4, 0.5) is 14.5 Å². The number of aromatic amines is 1. The van der Waals surface area contributed by atoms with Crippen molar-refractivity contribution < 1.29 is 13.5 Å². The summed E-state index contributed by atoms with van der Waals surface area (Å²) < 4.78 is 33.8. The fraction of sp³-hybridized carbons (Fsp3) is 0.276. The number of pyridine rings is 2. The molecule has 0 saturated carbocycles. The predicted molar refractivity (Wildman–Crippen MR) is 144 cm³/mol. The van der Waals surface area contributed by atoms with Gasteiger partial charge in [0.15, 0.2) is 0 Å². The summed E-state index contributed by atoms with van der Waals surface area (Å²) in [6.45, 7) is 7.98. The highest BCUT2D eigenvalue weighted by Crippen LogP contribution is 2.38. The Kier molecular flexibility index (Phi) is 7.18. The molecule has 1 unspecified atom stereocenters. The van der Waals surface area contributed by atoms with Crippen LogP contribution in [0.3, 0.4) is 0 Å². The highest BCUT2D eigenvalue weighted by Gasteiger charge is 2.33. The molecule has 4 heterocycles. The molecule has 9 heteroatoms. The lowest BCUT2D eigenvalue weighted by atomic mass is 9.95. The third-order valence-corrected chi connectivity index (χ3v) is 6.93. The van der Waals surface area contributed by atoms with E-state index in [0.29, 0.717) is 47.5 Å². The van der Waals surface area contributed by atoms with Gasteiger partial charge >= 0.3 is 0 Å². The lowest BCUT2D eigenvalue weighted by Gasteiger charge is -2.43. The van der Waals surface area contributed by atoms with E-state index in [1.807, 2.05) is 18.2 Å². The Labute approximate surface area is 218 Å². The molecule has 2 atom stereocenters. The summed E-state index contributed by atoms with van der Waals surface area (Å²) in [6, 6.07) is 7.63. The number of nitrogens with zero attached hydrogens (tertiary/aromatic N) is 3. The third kappa shape index (κ3) is 5.01. The Bertz CT molecular complexity index is 1570. The second-order valence-electron chi connectivity index (χ2n) is 9.47. The summed E-state index contributed by atoms with van der Waals surface area (Å²) in [5.41, 5.74) is 3.01. The van der Waals surface area contributed by atoms with Gasteiger partial charge in [-0.3, -0.25) is 9.78 Å². The highest BCUT2D eigenvalue weighted by atomic mass is 19.1. The first-order chi connectivity index (χ1) is 18.4. The molecule has 38 heavy (non-hydrogen) atoms. The maximum atomic E-state index is 14.5. The number of anilines is 1. The topological polar surface area (TPSA) is 94.0 Å². The van der Waals surface area contributed by atoms with Crippen molar-refractivity contribution in [1.82, 2.24) is 15.3 Å². The SMILES string of the molecule is C=C(/C=C(F)\C=C(/C)F)c1cnc2ccc(-c3c[nH]cc(C#N)c3=O)cc2c1N1CCC2NCCO[C@@H]2C1. The smallest absolute Gasteiger partial charge is 0.207 e.